The van der Waals surface area contributed by atoms with Gasteiger partial charge in [-0.2, -0.15) is 0 Å². The van der Waals surface area contributed by atoms with Crippen molar-refractivity contribution < 1.29 is 4.42 Å². The van der Waals surface area contributed by atoms with Gasteiger partial charge in [-0.25, -0.2) is 0 Å². The molecule has 3 heteroatoms. The van der Waals surface area contributed by atoms with Gasteiger partial charge in [-0.1, -0.05) is 164 Å². The molecule has 0 N–H and O–H groups in total. The highest BCUT2D eigenvalue weighted by Crippen LogP contribution is 2.66. The largest absolute Gasteiger partial charge is 0.456 e. The Kier molecular flexibility index (Phi) is 8.13. The lowest BCUT2D eigenvalue weighted by Crippen LogP contribution is -2.26. The Labute approximate surface area is 372 Å². The van der Waals surface area contributed by atoms with Gasteiger partial charge in [0, 0.05) is 50.3 Å². The minimum atomic E-state index is -0.690. The minimum Gasteiger partial charge on any atom is -0.456 e. The first kappa shape index (κ1) is 36.3. The molecular weight excluding hydrogens is 777 g/mol. The highest BCUT2D eigenvalue weighted by Gasteiger charge is 2.55. The number of furan rings is 1. The summed E-state index contributed by atoms with van der Waals surface area (Å²) >= 11 is 0. The van der Waals surface area contributed by atoms with Crippen molar-refractivity contribution in [3.8, 4) is 33.6 Å². The van der Waals surface area contributed by atoms with Gasteiger partial charge in [0.1, 0.15) is 11.3 Å². The van der Waals surface area contributed by atoms with Crippen LogP contribution in [0.3, 0.4) is 0 Å². The van der Waals surface area contributed by atoms with Crippen LogP contribution < -0.4 is 9.80 Å². The molecule has 0 radical (unpaired) electrons. The zero-order valence-corrected chi connectivity index (χ0v) is 34.9. The van der Waals surface area contributed by atoms with Gasteiger partial charge >= 0.3 is 0 Å². The lowest BCUT2D eigenvalue weighted by molar-refractivity contribution is 0.628. The molecule has 0 amide bonds. The van der Waals surface area contributed by atoms with Crippen LogP contribution in [-0.4, -0.2) is 0 Å². The highest BCUT2D eigenvalue weighted by molar-refractivity contribution is 6.04. The first-order valence-electron chi connectivity index (χ1n) is 22.0. The minimum absolute atomic E-state index is 0.690. The number of benzene rings is 10. The van der Waals surface area contributed by atoms with Crippen LogP contribution in [0.5, 0.6) is 0 Å². The zero-order valence-electron chi connectivity index (χ0n) is 34.9. The number of rotatable bonds is 7. The third kappa shape index (κ3) is 5.34. The van der Waals surface area contributed by atoms with Crippen LogP contribution >= 0.6 is 0 Å². The Bertz CT molecular complexity index is 3570. The summed E-state index contributed by atoms with van der Waals surface area (Å²) in [6.45, 7) is 0. The first-order valence-corrected chi connectivity index (χ1v) is 22.0. The van der Waals surface area contributed by atoms with Crippen LogP contribution in [0.1, 0.15) is 22.3 Å². The zero-order chi connectivity index (χ0) is 42.2. The van der Waals surface area contributed by atoms with Crippen molar-refractivity contribution in [2.24, 2.45) is 0 Å². The monoisotopic (exact) mass is 816 g/mol. The maximum absolute atomic E-state index is 7.03. The summed E-state index contributed by atoms with van der Waals surface area (Å²) in [5.74, 6) is 0.933. The summed E-state index contributed by atoms with van der Waals surface area (Å²) in [6.07, 6.45) is 0. The molecule has 1 aromatic heterocycles. The molecule has 1 unspecified atom stereocenters. The molecule has 2 aliphatic rings. The van der Waals surface area contributed by atoms with Gasteiger partial charge in [0.15, 0.2) is 0 Å². The van der Waals surface area contributed by atoms with Gasteiger partial charge in [-0.3, -0.25) is 0 Å². The fourth-order valence-corrected chi connectivity index (χ4v) is 10.8. The summed E-state index contributed by atoms with van der Waals surface area (Å²) in [7, 11) is 0. The van der Waals surface area contributed by atoms with E-state index in [-0.39, 0.29) is 0 Å². The molecule has 0 saturated carbocycles. The highest BCUT2D eigenvalue weighted by atomic mass is 16.3. The van der Waals surface area contributed by atoms with Crippen LogP contribution in [0.2, 0.25) is 0 Å². The molecule has 10 aromatic carbocycles. The van der Waals surface area contributed by atoms with Crippen LogP contribution in [-0.2, 0) is 5.41 Å². The molecule has 64 heavy (non-hydrogen) atoms. The molecule has 3 nitrogen and oxygen atoms in total. The summed E-state index contributed by atoms with van der Waals surface area (Å²) in [4.78, 5) is 4.82. The number of hydrogen-bond donors (Lipinski definition) is 0. The van der Waals surface area contributed by atoms with Gasteiger partial charge in [0.2, 0.25) is 0 Å². The topological polar surface area (TPSA) is 19.6 Å². The van der Waals surface area contributed by atoms with Crippen molar-refractivity contribution in [3.05, 3.63) is 265 Å². The normalized spacial score (nSPS) is 14.3. The average molecular weight is 817 g/mol. The Morgan fingerprint density at radius 3 is 1.66 bits per heavy atom. The van der Waals surface area contributed by atoms with Crippen molar-refractivity contribution in [1.29, 1.82) is 0 Å². The molecule has 0 fully saturated rings. The second-order valence-electron chi connectivity index (χ2n) is 16.8. The second kappa shape index (κ2) is 14.3. The predicted octanol–water partition coefficient (Wildman–Crippen LogP) is 16.5. The summed E-state index contributed by atoms with van der Waals surface area (Å²) in [6, 6.07) is 88.1. The smallest absolute Gasteiger partial charge is 0.140 e. The maximum atomic E-state index is 7.03. The number of hydrogen-bond acceptors (Lipinski definition) is 3. The van der Waals surface area contributed by atoms with E-state index in [1.54, 1.807) is 0 Å². The van der Waals surface area contributed by atoms with E-state index in [0.29, 0.717) is 0 Å². The number of fused-ring (bicyclic) bond motifs is 13. The fourth-order valence-electron chi connectivity index (χ4n) is 10.8. The van der Waals surface area contributed by atoms with E-state index in [4.69, 9.17) is 4.42 Å². The van der Waals surface area contributed by atoms with Crippen molar-refractivity contribution >= 4 is 55.9 Å². The van der Waals surface area contributed by atoms with Crippen LogP contribution in [0.4, 0.5) is 34.1 Å². The molecule has 11 aromatic rings. The van der Waals surface area contributed by atoms with Crippen molar-refractivity contribution in [2.75, 3.05) is 9.80 Å². The third-order valence-electron chi connectivity index (χ3n) is 13.4. The molecule has 13 rings (SSSR count). The van der Waals surface area contributed by atoms with Gasteiger partial charge in [0.05, 0.1) is 11.1 Å². The third-order valence-corrected chi connectivity index (χ3v) is 13.4. The lowest BCUT2D eigenvalue weighted by Gasteiger charge is -2.33. The number of para-hydroxylation sites is 3. The van der Waals surface area contributed by atoms with E-state index in [0.717, 1.165) is 56.4 Å². The Morgan fingerprint density at radius 1 is 0.328 bits per heavy atom. The fraction of sp³-hybridized carbons (Fsp3) is 0.0164. The quantitative estimate of drug-likeness (QED) is 0.160. The van der Waals surface area contributed by atoms with E-state index in [1.807, 2.05) is 0 Å². The first-order chi connectivity index (χ1) is 31.8. The number of anilines is 6. The summed E-state index contributed by atoms with van der Waals surface area (Å²) in [5, 5.41) is 3.53. The van der Waals surface area contributed by atoms with E-state index in [9.17, 15) is 0 Å². The van der Waals surface area contributed by atoms with Gasteiger partial charge in [0.25, 0.3) is 0 Å². The predicted molar refractivity (Wildman–Crippen MR) is 265 cm³/mol. The molecule has 300 valence electrons. The second-order valence-corrected chi connectivity index (χ2v) is 16.8. The Balaban J connectivity index is 1.09. The number of nitrogens with zero attached hydrogens (tertiary/aromatic N) is 2. The average Bonchev–Trinajstić information content (AvgIpc) is 3.99. The lowest BCUT2D eigenvalue weighted by atomic mass is 9.70. The SMILES string of the molecule is c1ccc(-c2cccc(N(c3ccccc3)c3ccc4c(c3)C3(c5ccccc5-4)c4cc(N(c5ccccc5)c5cccc6ccccc56)ccc4-c4oc5ccccc5c43)c2)cc1. The molecule has 0 bridgehead atoms. The van der Waals surface area contributed by atoms with Gasteiger partial charge in [-0.05, 0) is 123 Å². The Hall–Kier alpha value is -8.40. The van der Waals surface area contributed by atoms with Crippen LogP contribution in [0.25, 0.3) is 55.3 Å². The van der Waals surface area contributed by atoms with E-state index in [2.05, 4.69) is 252 Å². The molecule has 0 saturated heterocycles. The standard InChI is InChI=1S/C61H40N2O/c1-4-18-41(19-5-1)43-22-16-27-46(38-43)62(44-23-6-2-7-24-44)47-34-36-51-50-29-12-14-31-54(50)61(55(51)39-47)56-40-48(35-37-52(56)60-59(61)53-30-13-15-33-58(53)64-60)63(45-25-8-3-9-26-45)57-32-17-21-42-20-10-11-28-49(42)57/h1-40H. The van der Waals surface area contributed by atoms with Crippen LogP contribution in [0.15, 0.2) is 247 Å². The van der Waals surface area contributed by atoms with E-state index < -0.39 is 5.41 Å². The summed E-state index contributed by atoms with van der Waals surface area (Å²) in [5.41, 5.74) is 17.7. The maximum Gasteiger partial charge on any atom is 0.140 e. The molecule has 0 aliphatic heterocycles. The van der Waals surface area contributed by atoms with Crippen molar-refractivity contribution in [1.82, 2.24) is 0 Å². The van der Waals surface area contributed by atoms with E-state index >= 15 is 0 Å². The summed E-state index contributed by atoms with van der Waals surface area (Å²) < 4.78 is 7.03. The molecule has 1 spiro atoms. The molecular formula is C61H40N2O. The van der Waals surface area contributed by atoms with Crippen molar-refractivity contribution in [2.45, 2.75) is 5.41 Å². The van der Waals surface area contributed by atoms with Gasteiger partial charge < -0.3 is 14.2 Å². The van der Waals surface area contributed by atoms with Crippen molar-refractivity contribution in [3.63, 3.8) is 0 Å². The van der Waals surface area contributed by atoms with Crippen LogP contribution in [0, 0.1) is 0 Å². The van der Waals surface area contributed by atoms with Gasteiger partial charge in [-0.15, -0.1) is 0 Å². The molecule has 1 atom stereocenters. The van der Waals surface area contributed by atoms with E-state index in [1.165, 1.54) is 55.3 Å². The Morgan fingerprint density at radius 2 is 0.859 bits per heavy atom. The molecule has 2 aliphatic carbocycles. The molecule has 1 heterocycles.